The molecule has 0 spiro atoms. The maximum absolute atomic E-state index is 13.0. The monoisotopic (exact) mass is 585 g/mol. The number of amides is 1. The highest BCUT2D eigenvalue weighted by Gasteiger charge is 2.18. The second-order valence-electron chi connectivity index (χ2n) is 10.6. The van der Waals surface area contributed by atoms with Crippen LogP contribution in [0.25, 0.3) is 0 Å². The molecule has 0 radical (unpaired) electrons. The fraction of sp³-hybridized carbons (Fsp3) is 0.394. The second-order valence-corrected chi connectivity index (χ2v) is 10.6. The van der Waals surface area contributed by atoms with Crippen LogP contribution in [0.2, 0.25) is 0 Å². The molecule has 1 N–H and O–H groups in total. The first-order chi connectivity index (χ1) is 20.9. The van der Waals surface area contributed by atoms with Crippen LogP contribution in [0.15, 0.2) is 73.3 Å². The highest BCUT2D eigenvalue weighted by atomic mass is 16.5. The quantitative estimate of drug-likeness (QED) is 0.191. The molecule has 228 valence electrons. The molecule has 4 rings (SSSR count). The van der Waals surface area contributed by atoms with Crippen molar-refractivity contribution in [2.75, 3.05) is 25.0 Å². The first-order valence-electron chi connectivity index (χ1n) is 15.0. The van der Waals surface area contributed by atoms with Crippen molar-refractivity contribution in [3.05, 3.63) is 102 Å². The van der Waals surface area contributed by atoms with E-state index in [0.29, 0.717) is 31.0 Å². The molecule has 2 aromatic carbocycles. The van der Waals surface area contributed by atoms with Crippen LogP contribution < -0.4 is 5.32 Å². The van der Waals surface area contributed by atoms with Crippen molar-refractivity contribution in [2.45, 2.75) is 59.8 Å². The van der Waals surface area contributed by atoms with Gasteiger partial charge in [0.25, 0.3) is 5.91 Å². The van der Waals surface area contributed by atoms with E-state index in [1.807, 2.05) is 54.2 Å². The second kappa shape index (κ2) is 15.8. The zero-order valence-electron chi connectivity index (χ0n) is 25.7. The molecule has 0 aliphatic heterocycles. The van der Waals surface area contributed by atoms with Gasteiger partial charge in [-0.3, -0.25) is 14.6 Å². The third-order valence-electron chi connectivity index (χ3n) is 7.15. The van der Waals surface area contributed by atoms with Crippen molar-refractivity contribution in [3.63, 3.8) is 0 Å². The Morgan fingerprint density at radius 1 is 0.767 bits per heavy atom. The largest absolute Gasteiger partial charge is 0.449 e. The first kappa shape index (κ1) is 31.7. The van der Waals surface area contributed by atoms with Gasteiger partial charge in [-0.15, -0.1) is 0 Å². The fourth-order valence-electron chi connectivity index (χ4n) is 5.00. The summed E-state index contributed by atoms with van der Waals surface area (Å²) in [4.78, 5) is 38.9. The summed E-state index contributed by atoms with van der Waals surface area (Å²) in [6, 6.07) is 15.7. The number of ether oxygens (including phenoxy) is 1. The molecule has 43 heavy (non-hydrogen) atoms. The lowest BCUT2D eigenvalue weighted by Crippen LogP contribution is -2.27. The van der Waals surface area contributed by atoms with E-state index >= 15 is 0 Å². The van der Waals surface area contributed by atoms with Gasteiger partial charge in [0.15, 0.2) is 0 Å². The lowest BCUT2D eigenvalue weighted by atomic mass is 10.1. The average Bonchev–Trinajstić information content (AvgIpc) is 3.63. The highest BCUT2D eigenvalue weighted by Crippen LogP contribution is 2.17. The molecule has 0 atom stereocenters. The number of carbonyl (C=O) groups excluding carboxylic acids is 2. The van der Waals surface area contributed by atoms with Gasteiger partial charge in [-0.25, -0.2) is 19.3 Å². The zero-order chi connectivity index (χ0) is 30.6. The maximum Gasteiger partial charge on any atom is 0.419 e. The number of aromatic nitrogens is 4. The van der Waals surface area contributed by atoms with Crippen LogP contribution in [-0.4, -0.2) is 60.6 Å². The number of carbonyl (C=O) groups is 2. The SMILES string of the molecule is CCCN(CCC)Cc1ccc(NC(=O)c2ccc(CN(Cc3nccn3C)Cc3nccn3C(=O)OCC)cc2)cc1. The third-order valence-corrected chi connectivity index (χ3v) is 7.15. The van der Waals surface area contributed by atoms with Crippen LogP contribution in [0.1, 0.15) is 66.7 Å². The number of benzene rings is 2. The number of anilines is 1. The normalized spacial score (nSPS) is 11.3. The van der Waals surface area contributed by atoms with Crippen LogP contribution >= 0.6 is 0 Å². The summed E-state index contributed by atoms with van der Waals surface area (Å²) in [6.45, 7) is 11.1. The Hall–Kier alpha value is -4.28. The molecule has 4 aromatic rings. The van der Waals surface area contributed by atoms with Gasteiger partial charge in [-0.1, -0.05) is 38.1 Å². The summed E-state index contributed by atoms with van der Waals surface area (Å²) < 4.78 is 8.58. The topological polar surface area (TPSA) is 97.5 Å². The van der Waals surface area contributed by atoms with E-state index in [-0.39, 0.29) is 12.5 Å². The van der Waals surface area contributed by atoms with E-state index < -0.39 is 6.09 Å². The van der Waals surface area contributed by atoms with Gasteiger partial charge in [0.2, 0.25) is 0 Å². The third kappa shape index (κ3) is 9.10. The van der Waals surface area contributed by atoms with E-state index in [1.165, 1.54) is 10.1 Å². The van der Waals surface area contributed by atoms with Gasteiger partial charge in [0.05, 0.1) is 19.7 Å². The number of hydrogen-bond acceptors (Lipinski definition) is 7. The minimum atomic E-state index is -0.452. The highest BCUT2D eigenvalue weighted by molar-refractivity contribution is 6.04. The number of nitrogens with zero attached hydrogens (tertiary/aromatic N) is 6. The van der Waals surface area contributed by atoms with Crippen molar-refractivity contribution in [2.24, 2.45) is 7.05 Å². The predicted octanol–water partition coefficient (Wildman–Crippen LogP) is 5.70. The number of aryl methyl sites for hydroxylation is 1. The summed E-state index contributed by atoms with van der Waals surface area (Å²) in [7, 11) is 1.95. The number of hydrogen-bond donors (Lipinski definition) is 1. The molecular formula is C33H43N7O3. The molecule has 0 bridgehead atoms. The Balaban J connectivity index is 1.40. The maximum atomic E-state index is 13.0. The standard InChI is InChI=1S/C33H43N7O3/c1-5-18-38(19-6-2)22-27-10-14-29(15-11-27)36-32(41)28-12-8-26(9-13-28)23-39(24-30-34-16-20-37(30)4)25-31-35-17-21-40(31)33(42)43-7-3/h8-17,20-21H,5-7,18-19,22-25H2,1-4H3,(H,36,41). The molecule has 0 aliphatic carbocycles. The Morgan fingerprint density at radius 3 is 1.95 bits per heavy atom. The van der Waals surface area contributed by atoms with E-state index in [0.717, 1.165) is 49.6 Å². The molecule has 0 aliphatic rings. The first-order valence-corrected chi connectivity index (χ1v) is 15.0. The van der Waals surface area contributed by atoms with Gasteiger partial charge in [-0.05, 0) is 68.2 Å². The molecule has 0 saturated heterocycles. The van der Waals surface area contributed by atoms with Crippen molar-refractivity contribution in [1.29, 1.82) is 0 Å². The predicted molar refractivity (Wildman–Crippen MR) is 168 cm³/mol. The summed E-state index contributed by atoms with van der Waals surface area (Å²) >= 11 is 0. The molecular weight excluding hydrogens is 542 g/mol. The molecule has 0 fully saturated rings. The summed E-state index contributed by atoms with van der Waals surface area (Å²) in [5.74, 6) is 1.32. The number of rotatable bonds is 15. The van der Waals surface area contributed by atoms with Gasteiger partial charge in [0.1, 0.15) is 11.6 Å². The van der Waals surface area contributed by atoms with E-state index in [1.54, 1.807) is 25.5 Å². The fourth-order valence-corrected chi connectivity index (χ4v) is 5.00. The van der Waals surface area contributed by atoms with Crippen LogP contribution in [-0.2, 0) is 38.0 Å². The van der Waals surface area contributed by atoms with Gasteiger partial charge in [0, 0.05) is 56.2 Å². The Kier molecular flexibility index (Phi) is 11.6. The number of imidazole rings is 2. The van der Waals surface area contributed by atoms with Crippen LogP contribution in [0, 0.1) is 0 Å². The minimum Gasteiger partial charge on any atom is -0.449 e. The molecule has 10 heteroatoms. The summed E-state index contributed by atoms with van der Waals surface area (Å²) in [6.07, 6.45) is 8.70. The van der Waals surface area contributed by atoms with Crippen molar-refractivity contribution in [3.8, 4) is 0 Å². The molecule has 1 amide bonds. The molecule has 0 saturated carbocycles. The molecule has 2 aromatic heterocycles. The lowest BCUT2D eigenvalue weighted by Gasteiger charge is -2.22. The number of nitrogens with one attached hydrogen (secondary N) is 1. The van der Waals surface area contributed by atoms with Gasteiger partial charge >= 0.3 is 6.09 Å². The van der Waals surface area contributed by atoms with E-state index in [4.69, 9.17) is 4.74 Å². The van der Waals surface area contributed by atoms with E-state index in [2.05, 4.69) is 51.1 Å². The van der Waals surface area contributed by atoms with Crippen LogP contribution in [0.3, 0.4) is 0 Å². The van der Waals surface area contributed by atoms with Gasteiger partial charge < -0.3 is 14.6 Å². The zero-order valence-corrected chi connectivity index (χ0v) is 25.7. The summed E-state index contributed by atoms with van der Waals surface area (Å²) in [5.41, 5.74) is 3.62. The summed E-state index contributed by atoms with van der Waals surface area (Å²) in [5, 5.41) is 3.01. The van der Waals surface area contributed by atoms with Crippen LogP contribution in [0.4, 0.5) is 10.5 Å². The Labute approximate surface area is 254 Å². The lowest BCUT2D eigenvalue weighted by molar-refractivity contribution is 0.102. The molecule has 10 nitrogen and oxygen atoms in total. The van der Waals surface area contributed by atoms with E-state index in [9.17, 15) is 9.59 Å². The Bertz CT molecular complexity index is 1440. The Morgan fingerprint density at radius 2 is 1.35 bits per heavy atom. The van der Waals surface area contributed by atoms with Crippen molar-refractivity contribution < 1.29 is 14.3 Å². The van der Waals surface area contributed by atoms with Crippen LogP contribution in [0.5, 0.6) is 0 Å². The van der Waals surface area contributed by atoms with Crippen molar-refractivity contribution >= 4 is 17.7 Å². The van der Waals surface area contributed by atoms with Crippen molar-refractivity contribution in [1.82, 2.24) is 28.9 Å². The van der Waals surface area contributed by atoms with Gasteiger partial charge in [-0.2, -0.15) is 0 Å². The smallest absolute Gasteiger partial charge is 0.419 e. The molecule has 0 unspecified atom stereocenters. The molecule has 2 heterocycles. The average molecular weight is 586 g/mol. The minimum absolute atomic E-state index is 0.153.